The number of hydrogen-bond acceptors (Lipinski definition) is 2. The molecule has 0 atom stereocenters. The first-order valence-corrected chi connectivity index (χ1v) is 8.07. The van der Waals surface area contributed by atoms with Crippen molar-refractivity contribution in [1.82, 2.24) is 9.88 Å². The highest BCUT2D eigenvalue weighted by atomic mass is 16.5. The highest BCUT2D eigenvalue weighted by molar-refractivity contribution is 5.83. The van der Waals surface area contributed by atoms with Gasteiger partial charge in [-0.05, 0) is 35.9 Å². The molecule has 0 unspecified atom stereocenters. The molecule has 1 heterocycles. The predicted octanol–water partition coefficient (Wildman–Crippen LogP) is 3.81. The summed E-state index contributed by atoms with van der Waals surface area (Å²) in [6, 6.07) is 8.72. The monoisotopic (exact) mass is 288 g/mol. The molecule has 0 spiro atoms. The zero-order chi connectivity index (χ0) is 15.1. The Morgan fingerprint density at radius 3 is 2.81 bits per heavy atom. The number of ether oxygens (including phenoxy) is 1. The van der Waals surface area contributed by atoms with Crippen LogP contribution in [0.4, 0.5) is 0 Å². The second-order valence-corrected chi connectivity index (χ2v) is 5.94. The third kappa shape index (κ3) is 4.58. The molecule has 0 aliphatic heterocycles. The molecule has 1 N–H and O–H groups in total. The van der Waals surface area contributed by atoms with Crippen LogP contribution in [0.5, 0.6) is 0 Å². The van der Waals surface area contributed by atoms with Crippen LogP contribution < -0.4 is 5.32 Å². The highest BCUT2D eigenvalue weighted by Gasteiger charge is 2.06. The van der Waals surface area contributed by atoms with E-state index in [-0.39, 0.29) is 0 Å². The maximum atomic E-state index is 5.75. The number of benzene rings is 1. The zero-order valence-electron chi connectivity index (χ0n) is 13.6. The number of aromatic nitrogens is 1. The molecule has 0 amide bonds. The minimum absolute atomic E-state index is 0.712. The van der Waals surface area contributed by atoms with Crippen molar-refractivity contribution in [1.29, 1.82) is 0 Å². The summed E-state index contributed by atoms with van der Waals surface area (Å²) in [6.07, 6.45) is 3.31. The molecule has 116 valence electrons. The maximum Gasteiger partial charge on any atom is 0.0645 e. The third-order valence-corrected chi connectivity index (χ3v) is 3.75. The van der Waals surface area contributed by atoms with Crippen LogP contribution in [0.1, 0.15) is 32.8 Å². The van der Waals surface area contributed by atoms with Gasteiger partial charge in [0.15, 0.2) is 0 Å². The molecule has 2 rings (SSSR count). The van der Waals surface area contributed by atoms with Gasteiger partial charge < -0.3 is 14.6 Å². The van der Waals surface area contributed by atoms with Gasteiger partial charge in [-0.3, -0.25) is 0 Å². The molecule has 0 radical (unpaired) electrons. The number of rotatable bonds is 9. The van der Waals surface area contributed by atoms with Gasteiger partial charge in [0.2, 0.25) is 0 Å². The van der Waals surface area contributed by atoms with E-state index in [0.29, 0.717) is 5.92 Å². The first-order chi connectivity index (χ1) is 10.2. The van der Waals surface area contributed by atoms with Crippen molar-refractivity contribution in [2.45, 2.75) is 40.3 Å². The number of para-hydroxylation sites is 1. The molecule has 0 aliphatic carbocycles. The van der Waals surface area contributed by atoms with Gasteiger partial charge in [0.05, 0.1) is 12.1 Å². The Balaban J connectivity index is 1.99. The van der Waals surface area contributed by atoms with Crippen LogP contribution in [0, 0.1) is 5.92 Å². The summed E-state index contributed by atoms with van der Waals surface area (Å²) in [5.41, 5.74) is 2.70. The Bertz CT molecular complexity index is 545. The van der Waals surface area contributed by atoms with E-state index in [1.807, 2.05) is 0 Å². The molecule has 0 saturated heterocycles. The van der Waals surface area contributed by atoms with Crippen molar-refractivity contribution < 1.29 is 4.74 Å². The van der Waals surface area contributed by atoms with Crippen molar-refractivity contribution in [2.24, 2.45) is 5.92 Å². The summed E-state index contributed by atoms with van der Waals surface area (Å²) in [5.74, 6) is 0.712. The number of nitrogens with one attached hydrogen (secondary N) is 1. The summed E-state index contributed by atoms with van der Waals surface area (Å²) in [7, 11) is 0. The lowest BCUT2D eigenvalue weighted by Gasteiger charge is -2.11. The topological polar surface area (TPSA) is 26.2 Å². The minimum Gasteiger partial charge on any atom is -0.380 e. The number of nitrogens with zero attached hydrogens (tertiary/aromatic N) is 1. The Labute approximate surface area is 128 Å². The Hall–Kier alpha value is -1.32. The fraction of sp³-hybridized carbons (Fsp3) is 0.556. The van der Waals surface area contributed by atoms with Crippen molar-refractivity contribution in [3.8, 4) is 0 Å². The Morgan fingerprint density at radius 2 is 2.05 bits per heavy atom. The van der Waals surface area contributed by atoms with Crippen molar-refractivity contribution in [3.05, 3.63) is 36.0 Å². The molecule has 1 aromatic heterocycles. The van der Waals surface area contributed by atoms with Crippen molar-refractivity contribution in [3.63, 3.8) is 0 Å². The van der Waals surface area contributed by atoms with E-state index in [1.54, 1.807) is 0 Å². The SMILES string of the molecule is CCNCc1cccc2ccn(CCOCCC(C)C)c12. The lowest BCUT2D eigenvalue weighted by Crippen LogP contribution is -2.13. The first kappa shape index (κ1) is 16.1. The summed E-state index contributed by atoms with van der Waals surface area (Å²) < 4.78 is 8.07. The fourth-order valence-corrected chi connectivity index (χ4v) is 2.51. The molecular formula is C18H28N2O. The molecule has 0 fully saturated rings. The minimum atomic E-state index is 0.712. The lowest BCUT2D eigenvalue weighted by molar-refractivity contribution is 0.117. The average Bonchev–Trinajstić information content (AvgIpc) is 2.88. The van der Waals surface area contributed by atoms with Crippen molar-refractivity contribution in [2.75, 3.05) is 19.8 Å². The molecule has 1 aromatic carbocycles. The molecule has 3 heteroatoms. The van der Waals surface area contributed by atoms with Crippen molar-refractivity contribution >= 4 is 10.9 Å². The van der Waals surface area contributed by atoms with Gasteiger partial charge in [-0.15, -0.1) is 0 Å². The van der Waals surface area contributed by atoms with Crippen LogP contribution >= 0.6 is 0 Å². The maximum absolute atomic E-state index is 5.75. The van der Waals surface area contributed by atoms with E-state index < -0.39 is 0 Å². The van der Waals surface area contributed by atoms with E-state index in [0.717, 1.165) is 39.3 Å². The van der Waals surface area contributed by atoms with Crippen LogP contribution in [0.25, 0.3) is 10.9 Å². The molecule has 3 nitrogen and oxygen atoms in total. The second kappa shape index (κ2) is 8.20. The van der Waals surface area contributed by atoms with Gasteiger partial charge in [-0.1, -0.05) is 39.0 Å². The summed E-state index contributed by atoms with van der Waals surface area (Å²) in [4.78, 5) is 0. The fourth-order valence-electron chi connectivity index (χ4n) is 2.51. The summed E-state index contributed by atoms with van der Waals surface area (Å²) >= 11 is 0. The number of fused-ring (bicyclic) bond motifs is 1. The van der Waals surface area contributed by atoms with Crippen LogP contribution in [0.15, 0.2) is 30.5 Å². The predicted molar refractivity (Wildman–Crippen MR) is 89.6 cm³/mol. The van der Waals surface area contributed by atoms with Crippen LogP contribution in [0.2, 0.25) is 0 Å². The van der Waals surface area contributed by atoms with E-state index in [9.17, 15) is 0 Å². The Morgan fingerprint density at radius 1 is 1.19 bits per heavy atom. The highest BCUT2D eigenvalue weighted by Crippen LogP contribution is 2.20. The van der Waals surface area contributed by atoms with Gasteiger partial charge in [0, 0.05) is 25.9 Å². The zero-order valence-corrected chi connectivity index (χ0v) is 13.6. The molecule has 0 saturated carbocycles. The van der Waals surface area contributed by atoms with Crippen LogP contribution in [-0.4, -0.2) is 24.3 Å². The van der Waals surface area contributed by atoms with Crippen LogP contribution in [0.3, 0.4) is 0 Å². The van der Waals surface area contributed by atoms with Gasteiger partial charge >= 0.3 is 0 Å². The van der Waals surface area contributed by atoms with E-state index in [1.165, 1.54) is 16.5 Å². The molecule has 0 aliphatic rings. The molecule has 21 heavy (non-hydrogen) atoms. The van der Waals surface area contributed by atoms with E-state index in [2.05, 4.69) is 61.1 Å². The standard InChI is InChI=1S/C18H28N2O/c1-4-19-14-17-7-5-6-16-8-10-20(18(16)17)11-13-21-12-9-15(2)3/h5-8,10,15,19H,4,9,11-14H2,1-3H3. The second-order valence-electron chi connectivity index (χ2n) is 5.94. The smallest absolute Gasteiger partial charge is 0.0645 e. The van der Waals surface area contributed by atoms with Gasteiger partial charge in [-0.2, -0.15) is 0 Å². The quantitative estimate of drug-likeness (QED) is 0.710. The van der Waals surface area contributed by atoms with Crippen LogP contribution in [-0.2, 0) is 17.8 Å². The molecular weight excluding hydrogens is 260 g/mol. The first-order valence-electron chi connectivity index (χ1n) is 8.07. The lowest BCUT2D eigenvalue weighted by atomic mass is 10.1. The van der Waals surface area contributed by atoms with Gasteiger partial charge in [0.1, 0.15) is 0 Å². The van der Waals surface area contributed by atoms with E-state index >= 15 is 0 Å². The van der Waals surface area contributed by atoms with Gasteiger partial charge in [-0.25, -0.2) is 0 Å². The molecule has 0 bridgehead atoms. The molecule has 2 aromatic rings. The summed E-state index contributed by atoms with van der Waals surface area (Å²) in [5, 5.41) is 4.73. The number of hydrogen-bond donors (Lipinski definition) is 1. The normalized spacial score (nSPS) is 11.6. The van der Waals surface area contributed by atoms with E-state index in [4.69, 9.17) is 4.74 Å². The largest absolute Gasteiger partial charge is 0.380 e. The Kier molecular flexibility index (Phi) is 6.27. The third-order valence-electron chi connectivity index (χ3n) is 3.75. The van der Waals surface area contributed by atoms with Gasteiger partial charge in [0.25, 0.3) is 0 Å². The average molecular weight is 288 g/mol. The summed E-state index contributed by atoms with van der Waals surface area (Å²) in [6.45, 7) is 11.1.